The van der Waals surface area contributed by atoms with E-state index in [-0.39, 0.29) is 29.6 Å². The molecule has 0 amide bonds. The van der Waals surface area contributed by atoms with Crippen molar-refractivity contribution in [3.63, 3.8) is 0 Å². The predicted molar refractivity (Wildman–Crippen MR) is 29.8 cm³/mol. The summed E-state index contributed by atoms with van der Waals surface area (Å²) in [5.41, 5.74) is 0. The van der Waals surface area contributed by atoms with Crippen LogP contribution in [0, 0.1) is 0 Å². The molecule has 0 atom stereocenters. The third-order valence-electron chi connectivity index (χ3n) is 0. The van der Waals surface area contributed by atoms with E-state index < -0.39 is 8.69 Å². The molecule has 8 heavy (non-hydrogen) atoms. The van der Waals surface area contributed by atoms with Crippen LogP contribution in [0.4, 0.5) is 0 Å². The monoisotopic (exact) mass is 143 g/mol. The van der Waals surface area contributed by atoms with Crippen LogP contribution >= 0.6 is 8.69 Å². The second-order valence-electron chi connectivity index (χ2n) is 1.42. The molecule has 0 rings (SSSR count). The molecule has 0 unspecified atom stereocenters. The maximum atomic E-state index is 8.35. The third-order valence-corrected chi connectivity index (χ3v) is 0. The fraction of sp³-hybridized carbons (Fsp3) is 1.00. The largest absolute Gasteiger partial charge is 1.00 e. The van der Waals surface area contributed by atoms with Crippen molar-refractivity contribution in [2.75, 3.05) is 14.1 Å². The van der Waals surface area contributed by atoms with E-state index in [1.807, 2.05) is 26.9 Å². The van der Waals surface area contributed by atoms with E-state index in [1.165, 1.54) is 0 Å². The number of hydrogen-bond donors (Lipinski definition) is 0. The molecular formula is C2H8BNNaO2P. The number of nitrogens with zero attached hydrogens (tertiary/aromatic N) is 1. The molecule has 6 heteroatoms. The molecule has 0 heterocycles. The molecule has 0 aromatic carbocycles. The van der Waals surface area contributed by atoms with Crippen LogP contribution in [-0.4, -0.2) is 26.9 Å². The third kappa shape index (κ3) is 223. The number of rotatable bonds is 0. The summed E-state index contributed by atoms with van der Waals surface area (Å²) in [5, 5.41) is 0. The fourth-order valence-corrected chi connectivity index (χ4v) is 0. The molecule has 0 aliphatic rings. The van der Waals surface area contributed by atoms with Crippen LogP contribution < -0.4 is 34.5 Å². The molecule has 0 bridgehead atoms. The van der Waals surface area contributed by atoms with E-state index in [0.29, 0.717) is 0 Å². The van der Waals surface area contributed by atoms with Crippen LogP contribution in [0.1, 0.15) is 0 Å². The first kappa shape index (κ1) is 16.0. The molecular weight excluding hydrogens is 135 g/mol. The minimum Gasteiger partial charge on any atom is -0.772 e. The zero-order chi connectivity index (χ0) is 6.28. The Morgan fingerprint density at radius 3 is 1.62 bits per heavy atom. The van der Waals surface area contributed by atoms with Crippen molar-refractivity contribution in [2.24, 2.45) is 0 Å². The Labute approximate surface area is 74.5 Å². The predicted octanol–water partition coefficient (Wildman–Crippen LogP) is -4.35. The van der Waals surface area contributed by atoms with Gasteiger partial charge in [-0.25, -0.2) is 0 Å². The van der Waals surface area contributed by atoms with E-state index in [4.69, 9.17) is 9.46 Å². The van der Waals surface area contributed by atoms with Crippen molar-refractivity contribution in [1.29, 1.82) is 0 Å². The molecule has 0 N–H and O–H groups in total. The minimum absolute atomic E-state index is 0. The molecule has 0 aliphatic heterocycles. The average molecular weight is 143 g/mol. The molecule has 0 saturated carbocycles. The van der Waals surface area contributed by atoms with Gasteiger partial charge in [-0.2, -0.15) is 0 Å². The Hall–Kier alpha value is 1.08. The molecule has 0 aromatic heterocycles. The first-order chi connectivity index (χ1) is 3.15. The smallest absolute Gasteiger partial charge is 0.772 e. The van der Waals surface area contributed by atoms with Gasteiger partial charge in [0.2, 0.25) is 0 Å². The molecule has 42 valence electrons. The second-order valence-corrected chi connectivity index (χ2v) is 1.57. The van der Waals surface area contributed by atoms with Gasteiger partial charge in [0.1, 0.15) is 0 Å². The quantitative estimate of drug-likeness (QED) is 0.254. The van der Waals surface area contributed by atoms with Crippen LogP contribution in [0.3, 0.4) is 0 Å². The number of hydrogen-bond acceptors (Lipinski definition) is 3. The molecule has 0 fully saturated rings. The van der Waals surface area contributed by atoms with E-state index in [2.05, 4.69) is 0 Å². The van der Waals surface area contributed by atoms with Gasteiger partial charge in [0.05, 0.1) is 8.69 Å². The maximum Gasteiger partial charge on any atom is 1.00 e. The fourth-order valence-electron chi connectivity index (χ4n) is 0. The molecule has 0 radical (unpaired) electrons. The Bertz CT molecular complexity index is 44.3. The van der Waals surface area contributed by atoms with Crippen LogP contribution in [0.2, 0.25) is 0 Å². The summed E-state index contributed by atoms with van der Waals surface area (Å²) < 4.78 is 8.35. The van der Waals surface area contributed by atoms with Gasteiger partial charge < -0.3 is 9.70 Å². The van der Waals surface area contributed by atoms with Crippen molar-refractivity contribution >= 4 is 16.7 Å². The van der Waals surface area contributed by atoms with Gasteiger partial charge in [-0.1, -0.05) is 0 Å². The Morgan fingerprint density at radius 1 is 1.62 bits per heavy atom. The summed E-state index contributed by atoms with van der Waals surface area (Å²) in [4.78, 5) is 10.3. The normalized spacial score (nSPS) is 7.00. The summed E-state index contributed by atoms with van der Waals surface area (Å²) in [6.07, 6.45) is 0. The standard InChI is InChI=1S/C2H8BN.Na.HO2P/c1-4(2)3;;1-3-2/h3H2,1-2H3;;(H,1,2)/q;+1;/p-1. The van der Waals surface area contributed by atoms with Gasteiger partial charge in [-0.15, -0.1) is 0 Å². The van der Waals surface area contributed by atoms with Gasteiger partial charge in [-0.05, 0) is 14.1 Å². The van der Waals surface area contributed by atoms with Gasteiger partial charge in [0.25, 0.3) is 0 Å². The van der Waals surface area contributed by atoms with E-state index in [1.54, 1.807) is 0 Å². The minimum atomic E-state index is -1.08. The molecule has 3 nitrogen and oxygen atoms in total. The van der Waals surface area contributed by atoms with Gasteiger partial charge in [0, 0.05) is 0 Å². The van der Waals surface area contributed by atoms with E-state index >= 15 is 0 Å². The van der Waals surface area contributed by atoms with Crippen molar-refractivity contribution in [2.45, 2.75) is 0 Å². The SMILES string of the molecule is BN(C)C.O=P[O-].[Na+]. The Kier molecular flexibility index (Phi) is 31.5. The Balaban J connectivity index is -0.0000000575. The van der Waals surface area contributed by atoms with Crippen LogP contribution in [0.15, 0.2) is 0 Å². The zero-order valence-electron chi connectivity index (χ0n) is 5.71. The van der Waals surface area contributed by atoms with Crippen LogP contribution in [-0.2, 0) is 4.57 Å². The maximum absolute atomic E-state index is 8.35. The van der Waals surface area contributed by atoms with Crippen LogP contribution in [0.5, 0.6) is 0 Å². The topological polar surface area (TPSA) is 43.4 Å². The molecule has 0 spiro atoms. The van der Waals surface area contributed by atoms with Gasteiger partial charge in [-0.3, -0.25) is 4.57 Å². The van der Waals surface area contributed by atoms with Crippen molar-refractivity contribution < 1.29 is 39.0 Å². The first-order valence-corrected chi connectivity index (χ1v) is 2.44. The van der Waals surface area contributed by atoms with Crippen molar-refractivity contribution in [1.82, 2.24) is 4.81 Å². The first-order valence-electron chi connectivity index (χ1n) is 1.71. The summed E-state index contributed by atoms with van der Waals surface area (Å²) in [5.74, 6) is 0. The van der Waals surface area contributed by atoms with E-state index in [9.17, 15) is 0 Å². The van der Waals surface area contributed by atoms with Gasteiger partial charge >= 0.3 is 29.6 Å². The van der Waals surface area contributed by atoms with Crippen molar-refractivity contribution in [3.05, 3.63) is 0 Å². The van der Waals surface area contributed by atoms with Crippen LogP contribution in [0.25, 0.3) is 0 Å². The molecule has 0 saturated heterocycles. The summed E-state index contributed by atoms with van der Waals surface area (Å²) >= 11 is 0. The Morgan fingerprint density at radius 2 is 1.62 bits per heavy atom. The summed E-state index contributed by atoms with van der Waals surface area (Å²) in [6, 6.07) is 0. The summed E-state index contributed by atoms with van der Waals surface area (Å²) in [7, 11) is 4.92. The second kappa shape index (κ2) is 15.7. The van der Waals surface area contributed by atoms with Crippen molar-refractivity contribution in [3.8, 4) is 0 Å². The van der Waals surface area contributed by atoms with E-state index in [0.717, 1.165) is 0 Å². The average Bonchev–Trinajstić information content (AvgIpc) is 1.33. The zero-order valence-corrected chi connectivity index (χ0v) is 8.61. The molecule has 0 aromatic rings. The van der Waals surface area contributed by atoms with Gasteiger partial charge in [0.15, 0.2) is 7.98 Å². The molecule has 0 aliphatic carbocycles. The summed E-state index contributed by atoms with van der Waals surface area (Å²) in [6.45, 7) is 0.